The van der Waals surface area contributed by atoms with Crippen LogP contribution in [0, 0.1) is 0 Å². The minimum atomic E-state index is -4.52. The maximum absolute atomic E-state index is 11.0. The van der Waals surface area contributed by atoms with Gasteiger partial charge in [-0.3, -0.25) is 9.11 Å². The Labute approximate surface area is 93.6 Å². The molecule has 0 aromatic heterocycles. The number of rotatable bonds is 3. The van der Waals surface area contributed by atoms with Crippen LogP contribution in [0.2, 0.25) is 0 Å². The van der Waals surface area contributed by atoms with Gasteiger partial charge in [-0.1, -0.05) is 0 Å². The quantitative estimate of drug-likeness (QED) is 0.636. The van der Waals surface area contributed by atoms with Crippen LogP contribution >= 0.6 is 0 Å². The molecule has 0 radical (unpaired) electrons. The van der Waals surface area contributed by atoms with Gasteiger partial charge in [0.1, 0.15) is 0 Å². The second-order valence-electron chi connectivity index (χ2n) is 3.23. The molecule has 94 valence electrons. The Morgan fingerprint density at radius 1 is 1.31 bits per heavy atom. The van der Waals surface area contributed by atoms with E-state index in [2.05, 4.69) is 0 Å². The average Bonchev–Trinajstić information content (AvgIpc) is 2.40. The molecule has 1 aliphatic heterocycles. The van der Waals surface area contributed by atoms with E-state index in [9.17, 15) is 16.8 Å². The normalized spacial score (nSPS) is 22.5. The Morgan fingerprint density at radius 2 is 1.81 bits per heavy atom. The third-order valence-electron chi connectivity index (χ3n) is 2.13. The monoisotopic (exact) mass is 272 g/mol. The second-order valence-corrected chi connectivity index (χ2v) is 6.05. The number of hydrogen-bond acceptors (Lipinski definition) is 6. The zero-order chi connectivity index (χ0) is 12.7. The van der Waals surface area contributed by atoms with Crippen LogP contribution in [-0.4, -0.2) is 54.8 Å². The summed E-state index contributed by atoms with van der Waals surface area (Å²) < 4.78 is 61.7. The highest BCUT2D eigenvalue weighted by molar-refractivity contribution is 7.90. The number of nitrogens with zero attached hydrogens (tertiary/aromatic N) is 2. The van der Waals surface area contributed by atoms with Crippen molar-refractivity contribution in [1.29, 1.82) is 0 Å². The molecule has 0 bridgehead atoms. The van der Waals surface area contributed by atoms with Crippen LogP contribution in [-0.2, 0) is 20.2 Å². The summed E-state index contributed by atoms with van der Waals surface area (Å²) in [6.45, 7) is 1.74. The smallest absolute Gasteiger partial charge is 0.311 e. The third kappa shape index (κ3) is 2.29. The van der Waals surface area contributed by atoms with Gasteiger partial charge >= 0.3 is 20.2 Å². The van der Waals surface area contributed by atoms with Crippen molar-refractivity contribution >= 4 is 20.2 Å². The highest BCUT2D eigenvalue weighted by Crippen LogP contribution is 2.26. The van der Waals surface area contributed by atoms with Gasteiger partial charge in [0.2, 0.25) is 5.50 Å². The van der Waals surface area contributed by atoms with Gasteiger partial charge in [0.15, 0.2) is 5.03 Å². The topological polar surface area (TPSA) is 115 Å². The van der Waals surface area contributed by atoms with Crippen molar-refractivity contribution < 1.29 is 25.9 Å². The van der Waals surface area contributed by atoms with Crippen molar-refractivity contribution in [1.82, 2.24) is 9.80 Å². The summed E-state index contributed by atoms with van der Waals surface area (Å²) in [5.74, 6) is 0. The van der Waals surface area contributed by atoms with Gasteiger partial charge in [0, 0.05) is 19.8 Å². The van der Waals surface area contributed by atoms with Gasteiger partial charge in [0.05, 0.1) is 0 Å². The zero-order valence-electron chi connectivity index (χ0n) is 8.60. The van der Waals surface area contributed by atoms with E-state index in [0.29, 0.717) is 0 Å². The van der Waals surface area contributed by atoms with Gasteiger partial charge in [-0.15, -0.1) is 0 Å². The van der Waals surface area contributed by atoms with Crippen molar-refractivity contribution in [3.8, 4) is 0 Å². The molecule has 2 N–H and O–H groups in total. The molecule has 1 atom stereocenters. The van der Waals surface area contributed by atoms with E-state index in [1.54, 1.807) is 6.92 Å². The van der Waals surface area contributed by atoms with E-state index in [4.69, 9.17) is 9.11 Å². The molecule has 0 spiro atoms. The van der Waals surface area contributed by atoms with Crippen LogP contribution < -0.4 is 0 Å². The Morgan fingerprint density at radius 3 is 2.06 bits per heavy atom. The average molecular weight is 272 g/mol. The summed E-state index contributed by atoms with van der Waals surface area (Å²) in [7, 11) is -7.85. The summed E-state index contributed by atoms with van der Waals surface area (Å²) in [4.78, 5) is 1.85. The first-order valence-corrected chi connectivity index (χ1v) is 7.17. The van der Waals surface area contributed by atoms with Gasteiger partial charge in [-0.2, -0.15) is 16.8 Å². The minimum absolute atomic E-state index is 0.161. The van der Waals surface area contributed by atoms with Gasteiger partial charge < -0.3 is 9.80 Å². The minimum Gasteiger partial charge on any atom is -0.340 e. The fraction of sp³-hybridized carbons (Fsp3) is 0.667. The molecular weight excluding hydrogens is 260 g/mol. The van der Waals surface area contributed by atoms with Crippen LogP contribution in [0.5, 0.6) is 0 Å². The Balaban J connectivity index is 3.25. The molecule has 1 rings (SSSR count). The van der Waals surface area contributed by atoms with Crippen LogP contribution in [0.1, 0.15) is 6.92 Å². The third-order valence-corrected chi connectivity index (χ3v) is 4.18. The van der Waals surface area contributed by atoms with E-state index in [0.717, 1.165) is 23.0 Å². The molecule has 1 aliphatic rings. The van der Waals surface area contributed by atoms with Gasteiger partial charge in [-0.25, -0.2) is 0 Å². The molecule has 0 aliphatic carbocycles. The van der Waals surface area contributed by atoms with Crippen molar-refractivity contribution in [2.24, 2.45) is 0 Å². The molecular formula is C6H12N2O6S2. The van der Waals surface area contributed by atoms with E-state index < -0.39 is 30.8 Å². The van der Waals surface area contributed by atoms with E-state index in [1.807, 2.05) is 0 Å². The van der Waals surface area contributed by atoms with Gasteiger partial charge in [0.25, 0.3) is 0 Å². The summed E-state index contributed by atoms with van der Waals surface area (Å²) in [5.41, 5.74) is -1.53. The molecule has 8 nitrogen and oxygen atoms in total. The molecule has 1 unspecified atom stereocenters. The molecule has 1 heterocycles. The first-order chi connectivity index (χ1) is 7.09. The lowest BCUT2D eigenvalue weighted by molar-refractivity contribution is 0.237. The predicted molar refractivity (Wildman–Crippen MR) is 55.1 cm³/mol. The summed E-state index contributed by atoms with van der Waals surface area (Å²) in [5, 5.41) is -0.572. The Hall–Kier alpha value is -0.840. The van der Waals surface area contributed by atoms with Crippen LogP contribution in [0.3, 0.4) is 0 Å². The Bertz CT molecular complexity index is 507. The summed E-state index contributed by atoms with van der Waals surface area (Å²) >= 11 is 0. The first-order valence-electron chi connectivity index (χ1n) is 4.23. The maximum atomic E-state index is 11.0. The highest BCUT2D eigenvalue weighted by atomic mass is 32.2. The molecule has 10 heteroatoms. The first kappa shape index (κ1) is 13.2. The molecule has 0 saturated carbocycles. The van der Waals surface area contributed by atoms with Crippen molar-refractivity contribution in [3.05, 3.63) is 11.2 Å². The molecule has 0 aromatic carbocycles. The standard InChI is InChI=1S/C6H12N2O6S2/c1-3-8-4-5(15(9,10)11)7(2)6(8)16(12,13)14/h4,6H,3H2,1-2H3,(H,9,10,11)(H,12,13,14). The largest absolute Gasteiger partial charge is 0.340 e. The lowest BCUT2D eigenvalue weighted by Gasteiger charge is -2.26. The maximum Gasteiger partial charge on any atom is 0.311 e. The molecule has 0 fully saturated rings. The number of hydrogen-bond donors (Lipinski definition) is 2. The fourth-order valence-electron chi connectivity index (χ4n) is 1.49. The fourth-order valence-corrected chi connectivity index (χ4v) is 3.36. The molecule has 0 saturated heterocycles. The van der Waals surface area contributed by atoms with Gasteiger partial charge in [-0.05, 0) is 6.92 Å². The summed E-state index contributed by atoms with van der Waals surface area (Å²) in [6.07, 6.45) is 0.966. The lowest BCUT2D eigenvalue weighted by Crippen LogP contribution is -2.44. The predicted octanol–water partition coefficient (Wildman–Crippen LogP) is -0.888. The van der Waals surface area contributed by atoms with E-state index >= 15 is 0 Å². The molecule has 0 aromatic rings. The molecule has 16 heavy (non-hydrogen) atoms. The summed E-state index contributed by atoms with van der Waals surface area (Å²) in [6, 6.07) is 0. The SMILES string of the molecule is CCN1C=C(S(=O)(=O)O)N(C)C1S(=O)(=O)O. The van der Waals surface area contributed by atoms with Crippen molar-refractivity contribution in [2.45, 2.75) is 12.4 Å². The van der Waals surface area contributed by atoms with Crippen molar-refractivity contribution in [2.75, 3.05) is 13.6 Å². The van der Waals surface area contributed by atoms with Crippen molar-refractivity contribution in [3.63, 3.8) is 0 Å². The van der Waals surface area contributed by atoms with E-state index in [1.165, 1.54) is 0 Å². The van der Waals surface area contributed by atoms with Crippen LogP contribution in [0.15, 0.2) is 11.2 Å². The van der Waals surface area contributed by atoms with Crippen LogP contribution in [0.4, 0.5) is 0 Å². The van der Waals surface area contributed by atoms with Crippen LogP contribution in [0.25, 0.3) is 0 Å². The zero-order valence-corrected chi connectivity index (χ0v) is 10.2. The lowest BCUT2D eigenvalue weighted by atomic mass is 10.6. The Kier molecular flexibility index (Phi) is 3.20. The highest BCUT2D eigenvalue weighted by Gasteiger charge is 2.41. The van der Waals surface area contributed by atoms with E-state index in [-0.39, 0.29) is 6.54 Å². The molecule has 0 amide bonds. The second kappa shape index (κ2) is 3.87.